The highest BCUT2D eigenvalue weighted by molar-refractivity contribution is 5.95. The van der Waals surface area contributed by atoms with Crippen LogP contribution in [0.25, 0.3) is 5.52 Å². The van der Waals surface area contributed by atoms with Crippen molar-refractivity contribution in [3.63, 3.8) is 0 Å². The summed E-state index contributed by atoms with van der Waals surface area (Å²) in [6.07, 6.45) is 10.0. The van der Waals surface area contributed by atoms with Gasteiger partial charge in [-0.1, -0.05) is 19.3 Å². The van der Waals surface area contributed by atoms with Crippen LogP contribution < -0.4 is 5.32 Å². The predicted molar refractivity (Wildman–Crippen MR) is 75.6 cm³/mol. The molecule has 1 saturated carbocycles. The van der Waals surface area contributed by atoms with Crippen LogP contribution in [0.1, 0.15) is 42.5 Å². The maximum atomic E-state index is 12.1. The van der Waals surface area contributed by atoms with E-state index in [0.29, 0.717) is 12.1 Å². The lowest BCUT2D eigenvalue weighted by Gasteiger charge is -2.32. The smallest absolute Gasteiger partial charge is 0.251 e. The maximum absolute atomic E-state index is 12.1. The quantitative estimate of drug-likeness (QED) is 0.895. The Hall–Kier alpha value is -1.88. The topological polar surface area (TPSA) is 66.6 Å². The van der Waals surface area contributed by atoms with Gasteiger partial charge in [-0.2, -0.15) is 0 Å². The lowest BCUT2D eigenvalue weighted by molar-refractivity contribution is 0.00526. The van der Waals surface area contributed by atoms with Crippen LogP contribution >= 0.6 is 0 Å². The number of imidazole rings is 1. The van der Waals surface area contributed by atoms with Crippen LogP contribution in [0.2, 0.25) is 0 Å². The molecule has 0 atom stereocenters. The summed E-state index contributed by atoms with van der Waals surface area (Å²) in [5, 5.41) is 13.2. The Morgan fingerprint density at radius 2 is 2.20 bits per heavy atom. The summed E-state index contributed by atoms with van der Waals surface area (Å²) in [5.41, 5.74) is 0.751. The van der Waals surface area contributed by atoms with Gasteiger partial charge < -0.3 is 14.8 Å². The van der Waals surface area contributed by atoms with Gasteiger partial charge in [0, 0.05) is 18.3 Å². The van der Waals surface area contributed by atoms with Crippen LogP contribution in [-0.4, -0.2) is 32.5 Å². The molecule has 0 spiro atoms. The molecular weight excluding hydrogens is 254 g/mol. The minimum atomic E-state index is -0.728. The molecule has 1 amide bonds. The number of hydrogen-bond donors (Lipinski definition) is 2. The molecule has 2 N–H and O–H groups in total. The first kappa shape index (κ1) is 13.1. The fourth-order valence-corrected chi connectivity index (χ4v) is 2.79. The van der Waals surface area contributed by atoms with Crippen molar-refractivity contribution < 1.29 is 9.90 Å². The molecular formula is C15H19N3O2. The van der Waals surface area contributed by atoms with Crippen LogP contribution in [0.4, 0.5) is 0 Å². The Bertz CT molecular complexity index is 614. The van der Waals surface area contributed by atoms with E-state index in [9.17, 15) is 9.90 Å². The summed E-state index contributed by atoms with van der Waals surface area (Å²) in [6.45, 7) is 0.330. The van der Waals surface area contributed by atoms with Crippen molar-refractivity contribution in [3.8, 4) is 0 Å². The van der Waals surface area contributed by atoms with Crippen molar-refractivity contribution in [2.24, 2.45) is 0 Å². The monoisotopic (exact) mass is 273 g/mol. The zero-order valence-electron chi connectivity index (χ0n) is 11.4. The van der Waals surface area contributed by atoms with Crippen LogP contribution in [0.5, 0.6) is 0 Å². The van der Waals surface area contributed by atoms with Crippen molar-refractivity contribution in [1.29, 1.82) is 0 Å². The van der Waals surface area contributed by atoms with E-state index in [1.807, 2.05) is 10.6 Å². The summed E-state index contributed by atoms with van der Waals surface area (Å²) in [4.78, 5) is 16.2. The molecule has 0 aliphatic heterocycles. The second kappa shape index (κ2) is 5.25. The number of rotatable bonds is 3. The van der Waals surface area contributed by atoms with Gasteiger partial charge in [-0.25, -0.2) is 4.98 Å². The highest BCUT2D eigenvalue weighted by Gasteiger charge is 2.29. The summed E-state index contributed by atoms with van der Waals surface area (Å²) in [6, 6.07) is 3.56. The first-order chi connectivity index (χ1) is 9.66. The van der Waals surface area contributed by atoms with E-state index in [4.69, 9.17) is 0 Å². The van der Waals surface area contributed by atoms with E-state index in [-0.39, 0.29) is 5.91 Å². The molecule has 2 heterocycles. The van der Waals surface area contributed by atoms with Crippen molar-refractivity contribution in [1.82, 2.24) is 14.7 Å². The minimum Gasteiger partial charge on any atom is -0.388 e. The molecule has 1 fully saturated rings. The summed E-state index contributed by atoms with van der Waals surface area (Å²) < 4.78 is 1.85. The number of amides is 1. The predicted octanol–water partition coefficient (Wildman–Crippen LogP) is 1.76. The Kier molecular flexibility index (Phi) is 3.44. The fourth-order valence-electron chi connectivity index (χ4n) is 2.79. The van der Waals surface area contributed by atoms with Gasteiger partial charge >= 0.3 is 0 Å². The number of carbonyl (C=O) groups is 1. The molecule has 0 unspecified atom stereocenters. The Morgan fingerprint density at radius 1 is 1.40 bits per heavy atom. The lowest BCUT2D eigenvalue weighted by atomic mass is 9.85. The molecule has 20 heavy (non-hydrogen) atoms. The summed E-state index contributed by atoms with van der Waals surface area (Å²) in [7, 11) is 0. The second-order valence-corrected chi connectivity index (χ2v) is 5.61. The SMILES string of the molecule is O=C(NCC1(O)CCCCC1)c1ccn2cncc2c1. The van der Waals surface area contributed by atoms with E-state index >= 15 is 0 Å². The van der Waals surface area contributed by atoms with Gasteiger partial charge in [0.2, 0.25) is 0 Å². The van der Waals surface area contributed by atoms with E-state index in [1.54, 1.807) is 24.7 Å². The Labute approximate surface area is 117 Å². The van der Waals surface area contributed by atoms with E-state index in [2.05, 4.69) is 10.3 Å². The van der Waals surface area contributed by atoms with Crippen LogP contribution in [0.15, 0.2) is 30.9 Å². The number of hydrogen-bond acceptors (Lipinski definition) is 3. The molecule has 3 rings (SSSR count). The molecule has 1 aliphatic rings. The molecule has 106 valence electrons. The molecule has 0 aromatic carbocycles. The number of aliphatic hydroxyl groups is 1. The molecule has 0 bridgehead atoms. The minimum absolute atomic E-state index is 0.146. The van der Waals surface area contributed by atoms with Gasteiger partial charge in [0.25, 0.3) is 5.91 Å². The van der Waals surface area contributed by atoms with Gasteiger partial charge in [-0.05, 0) is 25.0 Å². The first-order valence-electron chi connectivity index (χ1n) is 7.09. The average Bonchev–Trinajstić information content (AvgIpc) is 2.93. The third-order valence-corrected chi connectivity index (χ3v) is 4.04. The van der Waals surface area contributed by atoms with Gasteiger partial charge in [0.1, 0.15) is 0 Å². The number of aromatic nitrogens is 2. The van der Waals surface area contributed by atoms with Crippen LogP contribution in [-0.2, 0) is 0 Å². The number of fused-ring (bicyclic) bond motifs is 1. The Balaban J connectivity index is 1.66. The summed E-state index contributed by atoms with van der Waals surface area (Å²) >= 11 is 0. The summed E-state index contributed by atoms with van der Waals surface area (Å²) in [5.74, 6) is -0.146. The molecule has 2 aromatic heterocycles. The van der Waals surface area contributed by atoms with Gasteiger partial charge in [0.15, 0.2) is 0 Å². The average molecular weight is 273 g/mol. The highest BCUT2D eigenvalue weighted by Crippen LogP contribution is 2.27. The van der Waals surface area contributed by atoms with Crippen LogP contribution in [0.3, 0.4) is 0 Å². The van der Waals surface area contributed by atoms with Gasteiger partial charge in [-0.3, -0.25) is 4.79 Å². The fraction of sp³-hybridized carbons (Fsp3) is 0.467. The second-order valence-electron chi connectivity index (χ2n) is 5.61. The zero-order chi connectivity index (χ0) is 14.0. The standard InChI is InChI=1S/C15H19N3O2/c19-14(17-10-15(20)5-2-1-3-6-15)12-4-7-18-11-16-9-13(18)8-12/h4,7-9,11,20H,1-3,5-6,10H2,(H,17,19). The molecule has 0 saturated heterocycles. The number of carbonyl (C=O) groups excluding carboxylic acids is 1. The first-order valence-corrected chi connectivity index (χ1v) is 7.09. The van der Waals surface area contributed by atoms with Crippen molar-refractivity contribution in [2.75, 3.05) is 6.54 Å². The molecule has 0 radical (unpaired) electrons. The molecule has 1 aliphatic carbocycles. The van der Waals surface area contributed by atoms with Crippen LogP contribution in [0, 0.1) is 0 Å². The third-order valence-electron chi connectivity index (χ3n) is 4.04. The molecule has 5 nitrogen and oxygen atoms in total. The molecule has 2 aromatic rings. The van der Waals surface area contributed by atoms with Gasteiger partial charge in [0.05, 0.1) is 23.6 Å². The Morgan fingerprint density at radius 3 is 3.00 bits per heavy atom. The molecule has 5 heteroatoms. The van der Waals surface area contributed by atoms with E-state index < -0.39 is 5.60 Å². The largest absolute Gasteiger partial charge is 0.388 e. The number of nitrogens with one attached hydrogen (secondary N) is 1. The maximum Gasteiger partial charge on any atom is 0.251 e. The van der Waals surface area contributed by atoms with Crippen molar-refractivity contribution >= 4 is 11.4 Å². The van der Waals surface area contributed by atoms with Crippen molar-refractivity contribution in [3.05, 3.63) is 36.4 Å². The normalized spacial score (nSPS) is 18.1. The third kappa shape index (κ3) is 2.67. The van der Waals surface area contributed by atoms with E-state index in [0.717, 1.165) is 31.2 Å². The van der Waals surface area contributed by atoms with Crippen molar-refractivity contribution in [2.45, 2.75) is 37.7 Å². The zero-order valence-corrected chi connectivity index (χ0v) is 11.4. The lowest BCUT2D eigenvalue weighted by Crippen LogP contribution is -2.44. The highest BCUT2D eigenvalue weighted by atomic mass is 16.3. The number of nitrogens with zero attached hydrogens (tertiary/aromatic N) is 2. The number of pyridine rings is 1. The van der Waals surface area contributed by atoms with E-state index in [1.165, 1.54) is 6.42 Å². The van der Waals surface area contributed by atoms with Gasteiger partial charge in [-0.15, -0.1) is 0 Å².